The van der Waals surface area contributed by atoms with Crippen LogP contribution >= 0.6 is 0 Å². The molecule has 1 atom stereocenters. The summed E-state index contributed by atoms with van der Waals surface area (Å²) in [6.07, 6.45) is -1.30. The van der Waals surface area contributed by atoms with Gasteiger partial charge < -0.3 is 25.8 Å². The van der Waals surface area contributed by atoms with Gasteiger partial charge in [-0.2, -0.15) is 0 Å². The Morgan fingerprint density at radius 3 is 2.11 bits per heavy atom. The van der Waals surface area contributed by atoms with Crippen LogP contribution in [0.25, 0.3) is 11.1 Å². The van der Waals surface area contributed by atoms with Crippen LogP contribution in [-0.2, 0) is 19.1 Å². The first-order valence-corrected chi connectivity index (χ1v) is 11.6. The number of hydrogen-bond donors (Lipinski definition) is 4. The molecule has 0 aromatic heterocycles. The SMILES string of the molecule is CC(C)CNC(=O)CNC(=O)C(CCC(=O)O)NC(=O)OCC1c2ccccc2-c2ccccc21. The van der Waals surface area contributed by atoms with Gasteiger partial charge in [0.05, 0.1) is 6.54 Å². The number of rotatable bonds is 11. The summed E-state index contributed by atoms with van der Waals surface area (Å²) in [5, 5.41) is 16.6. The molecule has 2 aromatic carbocycles. The summed E-state index contributed by atoms with van der Waals surface area (Å²) in [4.78, 5) is 48.0. The number of aliphatic carboxylic acids is 1. The highest BCUT2D eigenvalue weighted by atomic mass is 16.5. The van der Waals surface area contributed by atoms with Crippen molar-refractivity contribution < 1.29 is 29.0 Å². The predicted octanol–water partition coefficient (Wildman–Crippen LogP) is 2.65. The molecule has 35 heavy (non-hydrogen) atoms. The van der Waals surface area contributed by atoms with E-state index in [0.29, 0.717) is 6.54 Å². The highest BCUT2D eigenvalue weighted by Gasteiger charge is 2.30. The van der Waals surface area contributed by atoms with Crippen molar-refractivity contribution in [2.75, 3.05) is 19.7 Å². The topological polar surface area (TPSA) is 134 Å². The second-order valence-electron chi connectivity index (χ2n) is 8.87. The molecule has 3 rings (SSSR count). The molecule has 186 valence electrons. The largest absolute Gasteiger partial charge is 0.481 e. The number of nitrogens with one attached hydrogen (secondary N) is 3. The fourth-order valence-corrected chi connectivity index (χ4v) is 3.99. The summed E-state index contributed by atoms with van der Waals surface area (Å²) in [5.41, 5.74) is 4.28. The molecule has 1 unspecified atom stereocenters. The van der Waals surface area contributed by atoms with Crippen LogP contribution in [0, 0.1) is 5.92 Å². The van der Waals surface area contributed by atoms with Gasteiger partial charge in [0.15, 0.2) is 0 Å². The number of fused-ring (bicyclic) bond motifs is 3. The van der Waals surface area contributed by atoms with Gasteiger partial charge in [0.2, 0.25) is 11.8 Å². The van der Waals surface area contributed by atoms with Crippen molar-refractivity contribution >= 4 is 23.9 Å². The van der Waals surface area contributed by atoms with Gasteiger partial charge in [0.25, 0.3) is 0 Å². The minimum atomic E-state index is -1.15. The number of benzene rings is 2. The Labute approximate surface area is 204 Å². The lowest BCUT2D eigenvalue weighted by Gasteiger charge is -2.19. The van der Waals surface area contributed by atoms with E-state index in [1.165, 1.54) is 0 Å². The molecule has 1 aliphatic carbocycles. The van der Waals surface area contributed by atoms with E-state index < -0.39 is 24.0 Å². The third-order valence-corrected chi connectivity index (χ3v) is 5.73. The zero-order chi connectivity index (χ0) is 25.4. The number of alkyl carbamates (subject to hydrolysis) is 1. The zero-order valence-electron chi connectivity index (χ0n) is 19.9. The Morgan fingerprint density at radius 2 is 1.54 bits per heavy atom. The minimum Gasteiger partial charge on any atom is -0.481 e. The van der Waals surface area contributed by atoms with Gasteiger partial charge >= 0.3 is 12.1 Å². The summed E-state index contributed by atoms with van der Waals surface area (Å²) in [6.45, 7) is 4.14. The van der Waals surface area contributed by atoms with Gasteiger partial charge in [-0.15, -0.1) is 0 Å². The third kappa shape index (κ3) is 7.05. The van der Waals surface area contributed by atoms with Gasteiger partial charge in [-0.05, 0) is 34.6 Å². The van der Waals surface area contributed by atoms with Crippen molar-refractivity contribution in [3.05, 3.63) is 59.7 Å². The van der Waals surface area contributed by atoms with E-state index in [-0.39, 0.29) is 43.7 Å². The first-order valence-electron chi connectivity index (χ1n) is 11.6. The van der Waals surface area contributed by atoms with Crippen LogP contribution < -0.4 is 16.0 Å². The number of carboxylic acids is 1. The zero-order valence-corrected chi connectivity index (χ0v) is 19.9. The molecule has 0 fully saturated rings. The quantitative estimate of drug-likeness (QED) is 0.390. The van der Waals surface area contributed by atoms with Crippen molar-refractivity contribution in [2.45, 2.75) is 38.6 Å². The molecular weight excluding hydrogens is 450 g/mol. The summed E-state index contributed by atoms with van der Waals surface area (Å²) >= 11 is 0. The van der Waals surface area contributed by atoms with Crippen molar-refractivity contribution in [1.82, 2.24) is 16.0 Å². The number of carbonyl (C=O) groups is 4. The van der Waals surface area contributed by atoms with E-state index in [1.54, 1.807) is 0 Å². The van der Waals surface area contributed by atoms with Crippen molar-refractivity contribution in [2.24, 2.45) is 5.92 Å². The predicted molar refractivity (Wildman–Crippen MR) is 130 cm³/mol. The second-order valence-corrected chi connectivity index (χ2v) is 8.87. The number of carboxylic acid groups (broad SMARTS) is 1. The van der Waals surface area contributed by atoms with E-state index in [4.69, 9.17) is 9.84 Å². The Morgan fingerprint density at radius 1 is 0.943 bits per heavy atom. The number of ether oxygens (including phenoxy) is 1. The van der Waals surface area contributed by atoms with Crippen molar-refractivity contribution in [3.63, 3.8) is 0 Å². The number of carbonyl (C=O) groups excluding carboxylic acids is 3. The van der Waals surface area contributed by atoms with Crippen LogP contribution in [-0.4, -0.2) is 54.7 Å². The normalized spacial score (nSPS) is 12.9. The van der Waals surface area contributed by atoms with Crippen molar-refractivity contribution in [3.8, 4) is 11.1 Å². The van der Waals surface area contributed by atoms with E-state index in [2.05, 4.69) is 16.0 Å². The molecule has 9 heteroatoms. The molecule has 4 N–H and O–H groups in total. The first kappa shape index (κ1) is 25.7. The molecule has 2 aromatic rings. The maximum absolute atomic E-state index is 12.6. The minimum absolute atomic E-state index is 0.0603. The smallest absolute Gasteiger partial charge is 0.407 e. The van der Waals surface area contributed by atoms with Gasteiger partial charge in [-0.1, -0.05) is 62.4 Å². The molecule has 0 saturated heterocycles. The van der Waals surface area contributed by atoms with E-state index in [1.807, 2.05) is 62.4 Å². The maximum Gasteiger partial charge on any atom is 0.407 e. The fraction of sp³-hybridized carbons (Fsp3) is 0.385. The van der Waals surface area contributed by atoms with Gasteiger partial charge in [0, 0.05) is 18.9 Å². The standard InChI is InChI=1S/C26H31N3O6/c1-16(2)13-27-23(30)14-28-25(33)22(11-12-24(31)32)29-26(34)35-15-21-19-9-5-3-7-17(19)18-8-4-6-10-20(18)21/h3-10,16,21-22H,11-15H2,1-2H3,(H,27,30)(H,28,33)(H,29,34)(H,31,32). The van der Waals surface area contributed by atoms with Crippen LogP contribution in [0.4, 0.5) is 4.79 Å². The molecule has 0 aliphatic heterocycles. The average molecular weight is 482 g/mol. The molecular formula is C26H31N3O6. The Kier molecular flexibility index (Phi) is 8.83. The highest BCUT2D eigenvalue weighted by Crippen LogP contribution is 2.44. The van der Waals surface area contributed by atoms with Crippen LogP contribution in [0.1, 0.15) is 43.7 Å². The fourth-order valence-electron chi connectivity index (χ4n) is 3.99. The van der Waals surface area contributed by atoms with Crippen LogP contribution in [0.3, 0.4) is 0 Å². The average Bonchev–Trinajstić information content (AvgIpc) is 3.16. The highest BCUT2D eigenvalue weighted by molar-refractivity contribution is 5.89. The van der Waals surface area contributed by atoms with Crippen LogP contribution in [0.5, 0.6) is 0 Å². The van der Waals surface area contributed by atoms with Gasteiger partial charge in [-0.3, -0.25) is 14.4 Å². The molecule has 0 heterocycles. The molecule has 3 amide bonds. The summed E-state index contributed by atoms with van der Waals surface area (Å²) < 4.78 is 5.46. The lowest BCUT2D eigenvalue weighted by Crippen LogP contribution is -2.49. The molecule has 0 saturated carbocycles. The van der Waals surface area contributed by atoms with Crippen molar-refractivity contribution in [1.29, 1.82) is 0 Å². The Bertz CT molecular complexity index is 1040. The van der Waals surface area contributed by atoms with E-state index in [9.17, 15) is 19.2 Å². The summed E-state index contributed by atoms with van der Waals surface area (Å²) in [5.74, 6) is -2.02. The maximum atomic E-state index is 12.6. The molecule has 9 nitrogen and oxygen atoms in total. The molecule has 0 bridgehead atoms. The van der Waals surface area contributed by atoms with Crippen LogP contribution in [0.2, 0.25) is 0 Å². The summed E-state index contributed by atoms with van der Waals surface area (Å²) in [7, 11) is 0. The lowest BCUT2D eigenvalue weighted by molar-refractivity contribution is -0.137. The lowest BCUT2D eigenvalue weighted by atomic mass is 9.98. The van der Waals surface area contributed by atoms with Crippen LogP contribution in [0.15, 0.2) is 48.5 Å². The first-order chi connectivity index (χ1) is 16.8. The molecule has 1 aliphatic rings. The Balaban J connectivity index is 1.59. The van der Waals surface area contributed by atoms with Gasteiger partial charge in [0.1, 0.15) is 12.6 Å². The second kappa shape index (κ2) is 12.0. The van der Waals surface area contributed by atoms with Gasteiger partial charge in [-0.25, -0.2) is 4.79 Å². The van der Waals surface area contributed by atoms with E-state index in [0.717, 1.165) is 22.3 Å². The van der Waals surface area contributed by atoms with E-state index >= 15 is 0 Å². The Hall–Kier alpha value is -3.88. The number of amides is 3. The summed E-state index contributed by atoms with van der Waals surface area (Å²) in [6, 6.07) is 14.7. The molecule has 0 radical (unpaired) electrons. The molecule has 0 spiro atoms. The third-order valence-electron chi connectivity index (χ3n) is 5.73. The number of hydrogen-bond acceptors (Lipinski definition) is 5. The monoisotopic (exact) mass is 481 g/mol.